The van der Waals surface area contributed by atoms with Crippen molar-refractivity contribution < 1.29 is 19.1 Å². The summed E-state index contributed by atoms with van der Waals surface area (Å²) in [7, 11) is 1.31. The van der Waals surface area contributed by atoms with Gasteiger partial charge in [0, 0.05) is 11.9 Å². The van der Waals surface area contributed by atoms with Gasteiger partial charge in [0.25, 0.3) is 5.91 Å². The Morgan fingerprint density at radius 1 is 1.50 bits per heavy atom. The van der Waals surface area contributed by atoms with Crippen LogP contribution >= 0.6 is 11.3 Å². The van der Waals surface area contributed by atoms with Crippen molar-refractivity contribution in [1.82, 2.24) is 4.90 Å². The number of thiophene rings is 1. The Balaban J connectivity index is 2.21. The van der Waals surface area contributed by atoms with Crippen molar-refractivity contribution in [2.75, 3.05) is 26.9 Å². The van der Waals surface area contributed by atoms with E-state index in [2.05, 4.69) is 0 Å². The Hall–Kier alpha value is -1.40. The lowest BCUT2D eigenvalue weighted by atomic mass is 10.1. The molecule has 1 saturated heterocycles. The van der Waals surface area contributed by atoms with Crippen LogP contribution in [0.2, 0.25) is 0 Å². The largest absolute Gasteiger partial charge is 0.467 e. The Morgan fingerprint density at radius 3 is 2.89 bits per heavy atom. The van der Waals surface area contributed by atoms with Gasteiger partial charge in [-0.25, -0.2) is 4.79 Å². The molecule has 5 nitrogen and oxygen atoms in total. The minimum atomic E-state index is -0.643. The average molecular weight is 269 g/mol. The molecule has 1 atom stereocenters. The quantitative estimate of drug-likeness (QED) is 0.754. The van der Waals surface area contributed by atoms with E-state index >= 15 is 0 Å². The molecule has 18 heavy (non-hydrogen) atoms. The zero-order chi connectivity index (χ0) is 13.1. The van der Waals surface area contributed by atoms with Crippen molar-refractivity contribution in [2.24, 2.45) is 0 Å². The van der Waals surface area contributed by atoms with Gasteiger partial charge in [-0.05, 0) is 17.9 Å². The standard InChI is InChI=1S/C12H15NO4S/c1-8-6-18-7-9(8)11(14)13-3-4-17-5-10(13)12(15)16-2/h6-7,10H,3-5H2,1-2H3. The summed E-state index contributed by atoms with van der Waals surface area (Å²) in [4.78, 5) is 25.6. The van der Waals surface area contributed by atoms with Gasteiger partial charge >= 0.3 is 5.97 Å². The van der Waals surface area contributed by atoms with Crippen molar-refractivity contribution >= 4 is 23.2 Å². The average Bonchev–Trinajstić information content (AvgIpc) is 2.83. The number of hydrogen-bond donors (Lipinski definition) is 0. The van der Waals surface area contributed by atoms with E-state index in [1.807, 2.05) is 17.7 Å². The second-order valence-corrected chi connectivity index (χ2v) is 4.82. The monoisotopic (exact) mass is 269 g/mol. The molecule has 1 aliphatic heterocycles. The first-order valence-electron chi connectivity index (χ1n) is 5.64. The lowest BCUT2D eigenvalue weighted by molar-refractivity contribution is -0.151. The summed E-state index contributed by atoms with van der Waals surface area (Å²) in [6, 6.07) is -0.643. The van der Waals surface area contributed by atoms with Gasteiger partial charge in [0.2, 0.25) is 0 Å². The molecule has 1 fully saturated rings. The van der Waals surface area contributed by atoms with Gasteiger partial charge in [-0.2, -0.15) is 11.3 Å². The molecule has 2 heterocycles. The molecule has 1 aliphatic rings. The Morgan fingerprint density at radius 2 is 2.28 bits per heavy atom. The predicted molar refractivity (Wildman–Crippen MR) is 66.7 cm³/mol. The summed E-state index contributed by atoms with van der Waals surface area (Å²) in [5, 5.41) is 3.72. The molecule has 0 radical (unpaired) electrons. The Bertz CT molecular complexity index is 457. The molecule has 6 heteroatoms. The fraction of sp³-hybridized carbons (Fsp3) is 0.500. The second kappa shape index (κ2) is 5.49. The van der Waals surface area contributed by atoms with E-state index < -0.39 is 12.0 Å². The SMILES string of the molecule is COC(=O)C1COCCN1C(=O)c1cscc1C. The van der Waals surface area contributed by atoms with Crippen molar-refractivity contribution in [3.05, 3.63) is 21.9 Å². The van der Waals surface area contributed by atoms with E-state index in [0.717, 1.165) is 5.56 Å². The Kier molecular flexibility index (Phi) is 3.98. The van der Waals surface area contributed by atoms with Crippen LogP contribution in [0, 0.1) is 6.92 Å². The second-order valence-electron chi connectivity index (χ2n) is 4.08. The predicted octanol–water partition coefficient (Wildman–Crippen LogP) is 1.07. The first-order valence-corrected chi connectivity index (χ1v) is 6.58. The maximum absolute atomic E-state index is 12.4. The molecule has 0 spiro atoms. The highest BCUT2D eigenvalue weighted by molar-refractivity contribution is 7.08. The Labute approximate surface area is 109 Å². The molecular formula is C12H15NO4S. The van der Waals surface area contributed by atoms with Crippen LogP contribution in [0.3, 0.4) is 0 Å². The van der Waals surface area contributed by atoms with Crippen molar-refractivity contribution in [2.45, 2.75) is 13.0 Å². The highest BCUT2D eigenvalue weighted by Crippen LogP contribution is 2.19. The molecule has 1 aromatic rings. The van der Waals surface area contributed by atoms with Gasteiger partial charge in [0.15, 0.2) is 6.04 Å². The minimum absolute atomic E-state index is 0.132. The molecule has 98 valence electrons. The molecule has 0 aliphatic carbocycles. The number of rotatable bonds is 2. The number of carbonyl (C=O) groups excluding carboxylic acids is 2. The number of morpholine rings is 1. The summed E-state index contributed by atoms with van der Waals surface area (Å²) in [6.45, 7) is 2.94. The van der Waals surface area contributed by atoms with E-state index in [-0.39, 0.29) is 12.5 Å². The lowest BCUT2D eigenvalue weighted by Gasteiger charge is -2.33. The van der Waals surface area contributed by atoms with Gasteiger partial charge in [0.05, 0.1) is 25.9 Å². The van der Waals surface area contributed by atoms with E-state index in [1.165, 1.54) is 23.3 Å². The molecule has 0 N–H and O–H groups in total. The van der Waals surface area contributed by atoms with Crippen LogP contribution in [0.15, 0.2) is 10.8 Å². The van der Waals surface area contributed by atoms with Gasteiger partial charge in [0.1, 0.15) is 0 Å². The first kappa shape index (κ1) is 13.0. The van der Waals surface area contributed by atoms with Gasteiger partial charge in [-0.1, -0.05) is 0 Å². The molecule has 1 aromatic heterocycles. The zero-order valence-electron chi connectivity index (χ0n) is 10.3. The van der Waals surface area contributed by atoms with Crippen LogP contribution in [0.25, 0.3) is 0 Å². The van der Waals surface area contributed by atoms with Crippen LogP contribution in [-0.4, -0.2) is 49.7 Å². The fourth-order valence-corrected chi connectivity index (χ4v) is 2.73. The van der Waals surface area contributed by atoms with Crippen LogP contribution < -0.4 is 0 Å². The number of esters is 1. The topological polar surface area (TPSA) is 55.8 Å². The van der Waals surface area contributed by atoms with Crippen LogP contribution in [0.4, 0.5) is 0 Å². The highest BCUT2D eigenvalue weighted by Gasteiger charge is 2.34. The molecule has 0 bridgehead atoms. The number of hydrogen-bond acceptors (Lipinski definition) is 5. The third-order valence-corrected chi connectivity index (χ3v) is 3.81. The summed E-state index contributed by atoms with van der Waals surface area (Å²) < 4.78 is 9.95. The summed E-state index contributed by atoms with van der Waals surface area (Å²) >= 11 is 1.48. The molecule has 2 rings (SSSR count). The number of methoxy groups -OCH3 is 1. The summed E-state index contributed by atoms with van der Waals surface area (Å²) in [6.07, 6.45) is 0. The number of aryl methyl sites for hydroxylation is 1. The van der Waals surface area contributed by atoms with E-state index in [9.17, 15) is 9.59 Å². The number of nitrogens with zero attached hydrogens (tertiary/aromatic N) is 1. The number of carbonyl (C=O) groups is 2. The van der Waals surface area contributed by atoms with E-state index in [1.54, 1.807) is 0 Å². The number of amides is 1. The smallest absolute Gasteiger partial charge is 0.331 e. The van der Waals surface area contributed by atoms with Crippen molar-refractivity contribution in [3.63, 3.8) is 0 Å². The summed E-state index contributed by atoms with van der Waals surface area (Å²) in [5.74, 6) is -0.566. The molecule has 1 amide bonds. The fourth-order valence-electron chi connectivity index (χ4n) is 1.91. The first-order chi connectivity index (χ1) is 8.65. The highest BCUT2D eigenvalue weighted by atomic mass is 32.1. The molecule has 0 aromatic carbocycles. The summed E-state index contributed by atoms with van der Waals surface area (Å²) in [5.41, 5.74) is 1.58. The third kappa shape index (κ3) is 2.39. The minimum Gasteiger partial charge on any atom is -0.467 e. The normalized spacial score (nSPS) is 19.7. The van der Waals surface area contributed by atoms with Gasteiger partial charge < -0.3 is 14.4 Å². The van der Waals surface area contributed by atoms with Crippen molar-refractivity contribution in [1.29, 1.82) is 0 Å². The zero-order valence-corrected chi connectivity index (χ0v) is 11.2. The van der Waals surface area contributed by atoms with Crippen LogP contribution in [0.5, 0.6) is 0 Å². The maximum atomic E-state index is 12.4. The maximum Gasteiger partial charge on any atom is 0.331 e. The van der Waals surface area contributed by atoms with Gasteiger partial charge in [-0.15, -0.1) is 0 Å². The van der Waals surface area contributed by atoms with Crippen LogP contribution in [0.1, 0.15) is 15.9 Å². The van der Waals surface area contributed by atoms with Crippen LogP contribution in [-0.2, 0) is 14.3 Å². The molecule has 1 unspecified atom stereocenters. The van der Waals surface area contributed by atoms with Crippen molar-refractivity contribution in [3.8, 4) is 0 Å². The third-order valence-electron chi connectivity index (χ3n) is 2.95. The number of ether oxygens (including phenoxy) is 2. The van der Waals surface area contributed by atoms with E-state index in [4.69, 9.17) is 9.47 Å². The molecule has 0 saturated carbocycles. The van der Waals surface area contributed by atoms with Gasteiger partial charge in [-0.3, -0.25) is 4.79 Å². The molecular weight excluding hydrogens is 254 g/mol. The lowest BCUT2D eigenvalue weighted by Crippen LogP contribution is -2.53. The van der Waals surface area contributed by atoms with E-state index in [0.29, 0.717) is 18.7 Å².